The lowest BCUT2D eigenvalue weighted by Crippen LogP contribution is -2.27. The van der Waals surface area contributed by atoms with Gasteiger partial charge in [0, 0.05) is 29.4 Å². The molecule has 0 aliphatic heterocycles. The van der Waals surface area contributed by atoms with Crippen molar-refractivity contribution < 1.29 is 8.96 Å². The highest BCUT2D eigenvalue weighted by atomic mass is 31.2. The third kappa shape index (κ3) is 4.46. The Hall–Kier alpha value is -3.30. The van der Waals surface area contributed by atoms with E-state index >= 15 is 0 Å². The third-order valence-electron chi connectivity index (χ3n) is 5.83. The fourth-order valence-corrected chi connectivity index (χ4v) is 6.89. The monoisotopic (exact) mass is 460 g/mol. The highest BCUT2D eigenvalue weighted by molar-refractivity contribution is 7.78. The van der Waals surface area contributed by atoms with Crippen LogP contribution in [-0.4, -0.2) is 9.55 Å². The van der Waals surface area contributed by atoms with Gasteiger partial charge in [0.15, 0.2) is 0 Å². The van der Waals surface area contributed by atoms with Crippen molar-refractivity contribution in [3.05, 3.63) is 112 Å². The van der Waals surface area contributed by atoms with Gasteiger partial charge in [0.25, 0.3) is 0 Å². The minimum absolute atomic E-state index is 0.0619. The van der Waals surface area contributed by atoms with Gasteiger partial charge in [0.1, 0.15) is 13.0 Å². The Morgan fingerprint density at radius 2 is 1.39 bits per heavy atom. The van der Waals surface area contributed by atoms with Crippen LogP contribution < -0.4 is 16.3 Å². The number of halogens is 1. The highest BCUT2D eigenvalue weighted by Crippen LogP contribution is 2.49. The number of aromatic nitrogens is 2. The molecule has 1 aromatic heterocycles. The Balaban J connectivity index is 2.02. The average molecular weight is 460 g/mol. The van der Waals surface area contributed by atoms with Crippen molar-refractivity contribution in [3.8, 4) is 11.3 Å². The van der Waals surface area contributed by atoms with E-state index in [0.29, 0.717) is 17.0 Å². The maximum atomic E-state index is 14.8. The van der Waals surface area contributed by atoms with Crippen molar-refractivity contribution in [1.29, 1.82) is 0 Å². The summed E-state index contributed by atoms with van der Waals surface area (Å²) in [5.41, 5.74) is 2.27. The van der Waals surface area contributed by atoms with Gasteiger partial charge in [-0.1, -0.05) is 74.5 Å². The summed E-state index contributed by atoms with van der Waals surface area (Å²) in [5.74, 6) is -0.421. The van der Waals surface area contributed by atoms with Crippen molar-refractivity contribution in [2.45, 2.75) is 25.9 Å². The summed E-state index contributed by atoms with van der Waals surface area (Å²) in [5, 5.41) is 1.48. The molecule has 0 aliphatic rings. The second-order valence-corrected chi connectivity index (χ2v) is 11.2. The van der Waals surface area contributed by atoms with E-state index in [1.165, 1.54) is 16.7 Å². The second-order valence-electron chi connectivity index (χ2n) is 8.40. The topological polar surface area (TPSA) is 52.0 Å². The first-order valence-electron chi connectivity index (χ1n) is 10.9. The van der Waals surface area contributed by atoms with Gasteiger partial charge in [-0.3, -0.25) is 4.57 Å². The van der Waals surface area contributed by atoms with Crippen LogP contribution in [0.2, 0.25) is 0 Å². The SMILES string of the molecule is CC(C)c1nc(=O)n(C)c(-c2ccc(F)cc2)c1CP(=O)(c1ccccc1)c1ccccc1. The minimum atomic E-state index is -3.13. The van der Waals surface area contributed by atoms with Crippen LogP contribution >= 0.6 is 7.14 Å². The smallest absolute Gasteiger partial charge is 0.313 e. The molecule has 6 heteroatoms. The number of hydrogen-bond donors (Lipinski definition) is 0. The van der Waals surface area contributed by atoms with E-state index in [2.05, 4.69) is 4.98 Å². The molecule has 0 saturated heterocycles. The summed E-state index contributed by atoms with van der Waals surface area (Å²) >= 11 is 0. The zero-order chi connectivity index (χ0) is 23.6. The van der Waals surface area contributed by atoms with Crippen LogP contribution in [0, 0.1) is 5.82 Å². The molecule has 0 radical (unpaired) electrons. The lowest BCUT2D eigenvalue weighted by atomic mass is 9.99. The number of benzene rings is 3. The van der Waals surface area contributed by atoms with Gasteiger partial charge in [-0.15, -0.1) is 0 Å². The highest BCUT2D eigenvalue weighted by Gasteiger charge is 2.32. The number of nitrogens with zero attached hydrogens (tertiary/aromatic N) is 2. The van der Waals surface area contributed by atoms with Crippen molar-refractivity contribution in [3.63, 3.8) is 0 Å². The zero-order valence-electron chi connectivity index (χ0n) is 18.9. The molecule has 0 aliphatic carbocycles. The first-order valence-corrected chi connectivity index (χ1v) is 12.8. The molecule has 33 heavy (non-hydrogen) atoms. The first kappa shape index (κ1) is 22.9. The Morgan fingerprint density at radius 3 is 1.88 bits per heavy atom. The molecule has 0 saturated carbocycles. The Bertz CT molecular complexity index is 1320. The molecule has 3 aromatic carbocycles. The quantitative estimate of drug-likeness (QED) is 0.371. The van der Waals surface area contributed by atoms with Gasteiger partial charge >= 0.3 is 5.69 Å². The molecule has 0 atom stereocenters. The maximum absolute atomic E-state index is 14.8. The molecule has 0 bridgehead atoms. The summed E-state index contributed by atoms with van der Waals surface area (Å²) in [6, 6.07) is 24.9. The second kappa shape index (κ2) is 9.29. The van der Waals surface area contributed by atoms with E-state index in [-0.39, 0.29) is 17.9 Å². The Kier molecular flexibility index (Phi) is 6.44. The summed E-state index contributed by atoms with van der Waals surface area (Å²) in [7, 11) is -1.48. The fraction of sp³-hybridized carbons (Fsp3) is 0.185. The van der Waals surface area contributed by atoms with Gasteiger partial charge in [-0.2, -0.15) is 4.98 Å². The molecule has 0 spiro atoms. The molecular formula is C27H26FN2O2P. The average Bonchev–Trinajstić information content (AvgIpc) is 2.83. The summed E-state index contributed by atoms with van der Waals surface area (Å²) in [4.78, 5) is 17.1. The summed E-state index contributed by atoms with van der Waals surface area (Å²) in [6.07, 6.45) is 0.197. The maximum Gasteiger partial charge on any atom is 0.348 e. The molecule has 4 nitrogen and oxygen atoms in total. The van der Waals surface area contributed by atoms with E-state index < -0.39 is 12.8 Å². The van der Waals surface area contributed by atoms with E-state index in [1.54, 1.807) is 19.2 Å². The predicted molar refractivity (Wildman–Crippen MR) is 132 cm³/mol. The van der Waals surface area contributed by atoms with Gasteiger partial charge in [0.05, 0.1) is 11.4 Å². The largest absolute Gasteiger partial charge is 0.348 e. The zero-order valence-corrected chi connectivity index (χ0v) is 19.8. The third-order valence-corrected chi connectivity index (χ3v) is 8.85. The molecular weight excluding hydrogens is 434 g/mol. The lowest BCUT2D eigenvalue weighted by molar-refractivity contribution is 0.585. The van der Waals surface area contributed by atoms with Crippen molar-refractivity contribution in [2.75, 3.05) is 0 Å². The van der Waals surface area contributed by atoms with Crippen molar-refractivity contribution in [1.82, 2.24) is 9.55 Å². The van der Waals surface area contributed by atoms with Crippen LogP contribution in [0.4, 0.5) is 4.39 Å². The van der Waals surface area contributed by atoms with Gasteiger partial charge in [0.2, 0.25) is 0 Å². The molecule has 0 N–H and O–H groups in total. The first-order chi connectivity index (χ1) is 15.8. The van der Waals surface area contributed by atoms with Crippen LogP contribution in [0.15, 0.2) is 89.7 Å². The van der Waals surface area contributed by atoms with Crippen molar-refractivity contribution in [2.24, 2.45) is 7.05 Å². The van der Waals surface area contributed by atoms with Crippen LogP contribution in [-0.2, 0) is 17.8 Å². The van der Waals surface area contributed by atoms with E-state index in [1.807, 2.05) is 74.5 Å². The minimum Gasteiger partial charge on any atom is -0.313 e. The summed E-state index contributed by atoms with van der Waals surface area (Å²) in [6.45, 7) is 3.94. The van der Waals surface area contributed by atoms with Crippen LogP contribution in [0.25, 0.3) is 11.3 Å². The fourth-order valence-electron chi connectivity index (χ4n) is 4.17. The molecule has 0 unspecified atom stereocenters. The molecule has 0 amide bonds. The van der Waals surface area contributed by atoms with E-state index in [4.69, 9.17) is 0 Å². The van der Waals surface area contributed by atoms with Crippen LogP contribution in [0.5, 0.6) is 0 Å². The van der Waals surface area contributed by atoms with Crippen molar-refractivity contribution >= 4 is 17.8 Å². The van der Waals surface area contributed by atoms with Gasteiger partial charge in [-0.25, -0.2) is 9.18 Å². The molecule has 1 heterocycles. The Morgan fingerprint density at radius 1 is 0.879 bits per heavy atom. The van der Waals surface area contributed by atoms with E-state index in [0.717, 1.165) is 16.2 Å². The summed E-state index contributed by atoms with van der Waals surface area (Å²) < 4.78 is 30.0. The standard InChI is InChI=1S/C27H26FN2O2P/c1-19(2)25-24(26(30(3)27(31)29-25)20-14-16-21(28)17-15-20)18-33(32,22-10-6-4-7-11-22)23-12-8-5-9-13-23/h4-17,19H,18H2,1-3H3. The molecule has 4 aromatic rings. The normalized spacial score (nSPS) is 11.7. The van der Waals surface area contributed by atoms with Crippen LogP contribution in [0.3, 0.4) is 0 Å². The molecule has 4 rings (SSSR count). The Labute approximate surface area is 193 Å². The van der Waals surface area contributed by atoms with E-state index in [9.17, 15) is 13.8 Å². The number of rotatable bonds is 6. The van der Waals surface area contributed by atoms with Gasteiger partial charge < -0.3 is 4.57 Å². The predicted octanol–water partition coefficient (Wildman–Crippen LogP) is 5.22. The van der Waals surface area contributed by atoms with Crippen LogP contribution in [0.1, 0.15) is 31.0 Å². The molecule has 168 valence electrons. The lowest BCUT2D eigenvalue weighted by Gasteiger charge is -2.25. The van der Waals surface area contributed by atoms with Gasteiger partial charge in [-0.05, 0) is 35.7 Å². The molecule has 0 fully saturated rings. The number of hydrogen-bond acceptors (Lipinski definition) is 3.